The van der Waals surface area contributed by atoms with Crippen molar-refractivity contribution in [1.29, 1.82) is 0 Å². The lowest BCUT2D eigenvalue weighted by molar-refractivity contribution is 0.595. The second kappa shape index (κ2) is 7.00. The second-order valence-corrected chi connectivity index (χ2v) is 5.53. The van der Waals surface area contributed by atoms with Crippen LogP contribution in [-0.2, 0) is 6.42 Å². The summed E-state index contributed by atoms with van der Waals surface area (Å²) in [6, 6.07) is 13.6. The molecule has 1 N–H and O–H groups in total. The number of benzene rings is 2. The van der Waals surface area contributed by atoms with Crippen LogP contribution in [0.25, 0.3) is 0 Å². The van der Waals surface area contributed by atoms with Gasteiger partial charge in [0, 0.05) is 0 Å². The van der Waals surface area contributed by atoms with Crippen LogP contribution in [0, 0.1) is 5.82 Å². The number of nitrogens with one attached hydrogen (secondary N) is 1. The molecule has 0 radical (unpaired) electrons. The molecule has 0 saturated heterocycles. The third-order valence-corrected chi connectivity index (χ3v) is 4.23. The van der Waals surface area contributed by atoms with Crippen LogP contribution in [-0.4, -0.2) is 6.54 Å². The maximum Gasteiger partial charge on any atom is 0.137 e. The molecule has 1 atom stereocenters. The number of halogens is 2. The SMILES string of the molecule is CCNC(c1cccc(CC)c1)c1cccc(F)c1Br. The minimum Gasteiger partial charge on any atom is -0.306 e. The van der Waals surface area contributed by atoms with Gasteiger partial charge in [0.1, 0.15) is 5.82 Å². The van der Waals surface area contributed by atoms with Crippen LogP contribution in [0.1, 0.15) is 36.6 Å². The zero-order valence-corrected chi connectivity index (χ0v) is 13.4. The van der Waals surface area contributed by atoms with Gasteiger partial charge in [-0.1, -0.05) is 50.2 Å². The minimum atomic E-state index is -0.225. The Morgan fingerprint density at radius 1 is 1.15 bits per heavy atom. The summed E-state index contributed by atoms with van der Waals surface area (Å²) in [7, 11) is 0. The Morgan fingerprint density at radius 2 is 1.90 bits per heavy atom. The second-order valence-electron chi connectivity index (χ2n) is 4.73. The van der Waals surface area contributed by atoms with Gasteiger partial charge in [0.15, 0.2) is 0 Å². The van der Waals surface area contributed by atoms with Crippen molar-refractivity contribution < 1.29 is 4.39 Å². The number of hydrogen-bond donors (Lipinski definition) is 1. The summed E-state index contributed by atoms with van der Waals surface area (Å²) in [5.41, 5.74) is 3.38. The summed E-state index contributed by atoms with van der Waals surface area (Å²) in [5, 5.41) is 3.44. The van der Waals surface area contributed by atoms with Crippen molar-refractivity contribution in [3.8, 4) is 0 Å². The molecule has 2 aromatic carbocycles. The molecule has 0 saturated carbocycles. The monoisotopic (exact) mass is 335 g/mol. The van der Waals surface area contributed by atoms with Crippen molar-refractivity contribution in [3.63, 3.8) is 0 Å². The first-order valence-corrected chi connectivity index (χ1v) is 7.72. The van der Waals surface area contributed by atoms with Gasteiger partial charge in [-0.3, -0.25) is 0 Å². The summed E-state index contributed by atoms with van der Waals surface area (Å²) in [5.74, 6) is -0.225. The van der Waals surface area contributed by atoms with E-state index in [9.17, 15) is 4.39 Å². The fourth-order valence-electron chi connectivity index (χ4n) is 2.35. The van der Waals surface area contributed by atoms with Gasteiger partial charge < -0.3 is 5.32 Å². The van der Waals surface area contributed by atoms with E-state index in [1.165, 1.54) is 11.6 Å². The molecule has 0 aliphatic heterocycles. The number of hydrogen-bond acceptors (Lipinski definition) is 1. The van der Waals surface area contributed by atoms with E-state index in [0.29, 0.717) is 4.47 Å². The molecule has 0 bridgehead atoms. The molecule has 2 aromatic rings. The highest BCUT2D eigenvalue weighted by molar-refractivity contribution is 9.10. The topological polar surface area (TPSA) is 12.0 Å². The van der Waals surface area contributed by atoms with Gasteiger partial charge in [-0.2, -0.15) is 0 Å². The largest absolute Gasteiger partial charge is 0.306 e. The molecule has 106 valence electrons. The highest BCUT2D eigenvalue weighted by Crippen LogP contribution is 2.30. The zero-order valence-electron chi connectivity index (χ0n) is 11.8. The Balaban J connectivity index is 2.47. The molecule has 0 aliphatic rings. The van der Waals surface area contributed by atoms with E-state index in [-0.39, 0.29) is 11.9 Å². The van der Waals surface area contributed by atoms with Gasteiger partial charge in [-0.25, -0.2) is 4.39 Å². The van der Waals surface area contributed by atoms with E-state index < -0.39 is 0 Å². The maximum absolute atomic E-state index is 13.8. The van der Waals surface area contributed by atoms with Gasteiger partial charge in [-0.05, 0) is 51.7 Å². The van der Waals surface area contributed by atoms with Crippen molar-refractivity contribution in [2.75, 3.05) is 6.54 Å². The van der Waals surface area contributed by atoms with E-state index in [0.717, 1.165) is 24.1 Å². The average Bonchev–Trinajstić information content (AvgIpc) is 2.48. The first kappa shape index (κ1) is 15.2. The summed E-state index contributed by atoms with van der Waals surface area (Å²) in [6.45, 7) is 5.02. The molecular formula is C17H19BrFN. The molecule has 0 fully saturated rings. The minimum absolute atomic E-state index is 0.00317. The quantitative estimate of drug-likeness (QED) is 0.823. The van der Waals surface area contributed by atoms with Crippen LogP contribution in [0.3, 0.4) is 0 Å². The lowest BCUT2D eigenvalue weighted by Gasteiger charge is -2.21. The van der Waals surface area contributed by atoms with Crippen LogP contribution >= 0.6 is 15.9 Å². The maximum atomic E-state index is 13.8. The van der Waals surface area contributed by atoms with E-state index in [1.54, 1.807) is 6.07 Å². The van der Waals surface area contributed by atoms with Gasteiger partial charge >= 0.3 is 0 Å². The lowest BCUT2D eigenvalue weighted by Crippen LogP contribution is -2.22. The normalized spacial score (nSPS) is 12.4. The van der Waals surface area contributed by atoms with Gasteiger partial charge in [-0.15, -0.1) is 0 Å². The fraction of sp³-hybridized carbons (Fsp3) is 0.294. The first-order valence-electron chi connectivity index (χ1n) is 6.93. The van der Waals surface area contributed by atoms with Crippen molar-refractivity contribution in [1.82, 2.24) is 5.32 Å². The molecule has 2 rings (SSSR count). The molecule has 1 unspecified atom stereocenters. The Labute approximate surface area is 128 Å². The highest BCUT2D eigenvalue weighted by atomic mass is 79.9. The highest BCUT2D eigenvalue weighted by Gasteiger charge is 2.17. The predicted octanol–water partition coefficient (Wildman–Crippen LogP) is 4.85. The van der Waals surface area contributed by atoms with Crippen LogP contribution in [0.5, 0.6) is 0 Å². The zero-order chi connectivity index (χ0) is 14.5. The number of aryl methyl sites for hydroxylation is 1. The van der Waals surface area contributed by atoms with Crippen molar-refractivity contribution in [2.45, 2.75) is 26.3 Å². The van der Waals surface area contributed by atoms with Crippen LogP contribution < -0.4 is 5.32 Å². The molecule has 3 heteroatoms. The van der Waals surface area contributed by atoms with Crippen LogP contribution in [0.15, 0.2) is 46.9 Å². The Kier molecular flexibility index (Phi) is 5.32. The summed E-state index contributed by atoms with van der Waals surface area (Å²) in [6.07, 6.45) is 0.997. The molecule has 0 heterocycles. The molecule has 0 aliphatic carbocycles. The van der Waals surface area contributed by atoms with Gasteiger partial charge in [0.25, 0.3) is 0 Å². The van der Waals surface area contributed by atoms with E-state index in [1.807, 2.05) is 6.07 Å². The Hall–Kier alpha value is -1.19. The van der Waals surface area contributed by atoms with E-state index in [4.69, 9.17) is 0 Å². The third kappa shape index (κ3) is 3.28. The summed E-state index contributed by atoms with van der Waals surface area (Å²) >= 11 is 3.37. The average molecular weight is 336 g/mol. The molecule has 20 heavy (non-hydrogen) atoms. The van der Waals surface area contributed by atoms with E-state index >= 15 is 0 Å². The first-order chi connectivity index (χ1) is 9.67. The van der Waals surface area contributed by atoms with E-state index in [2.05, 4.69) is 59.4 Å². The standard InChI is InChI=1S/C17H19BrFN/c1-3-12-7-5-8-13(11-12)17(20-4-2)14-9-6-10-15(19)16(14)18/h5-11,17,20H,3-4H2,1-2H3. The van der Waals surface area contributed by atoms with Crippen molar-refractivity contribution in [3.05, 3.63) is 69.4 Å². The summed E-state index contributed by atoms with van der Waals surface area (Å²) in [4.78, 5) is 0. The summed E-state index contributed by atoms with van der Waals surface area (Å²) < 4.78 is 14.3. The smallest absolute Gasteiger partial charge is 0.137 e. The third-order valence-electron chi connectivity index (χ3n) is 3.39. The fourth-order valence-corrected chi connectivity index (χ4v) is 2.84. The molecule has 0 amide bonds. The van der Waals surface area contributed by atoms with Gasteiger partial charge in [0.2, 0.25) is 0 Å². The predicted molar refractivity (Wildman–Crippen MR) is 85.4 cm³/mol. The lowest BCUT2D eigenvalue weighted by atomic mass is 9.96. The van der Waals surface area contributed by atoms with Crippen molar-refractivity contribution in [2.24, 2.45) is 0 Å². The van der Waals surface area contributed by atoms with Crippen LogP contribution in [0.4, 0.5) is 4.39 Å². The van der Waals surface area contributed by atoms with Crippen LogP contribution in [0.2, 0.25) is 0 Å². The molecule has 0 aromatic heterocycles. The van der Waals surface area contributed by atoms with Crippen molar-refractivity contribution >= 4 is 15.9 Å². The number of rotatable bonds is 5. The molecule has 0 spiro atoms. The Morgan fingerprint density at radius 3 is 2.60 bits per heavy atom. The molecule has 1 nitrogen and oxygen atoms in total. The molecular weight excluding hydrogens is 317 g/mol. The Bertz CT molecular complexity index is 583. The van der Waals surface area contributed by atoms with Gasteiger partial charge in [0.05, 0.1) is 10.5 Å².